The topological polar surface area (TPSA) is 72.4 Å². The molecule has 0 amide bonds. The Balaban J connectivity index is 0.00000180. The number of nitrogens with two attached hydrogens (primary N) is 1. The fourth-order valence-corrected chi connectivity index (χ4v) is 2.59. The summed E-state index contributed by atoms with van der Waals surface area (Å²) in [5, 5.41) is 11.0. The number of hydrogen-bond donors (Lipinski definition) is 1. The smallest absolute Gasteiger partial charge is 0.288 e. The highest BCUT2D eigenvalue weighted by Crippen LogP contribution is 2.27. The summed E-state index contributed by atoms with van der Waals surface area (Å²) in [6.07, 6.45) is 2.24. The number of hydrogen-bond acceptors (Lipinski definition) is 4. The van der Waals surface area contributed by atoms with Crippen molar-refractivity contribution in [2.75, 3.05) is 13.1 Å². The van der Waals surface area contributed by atoms with E-state index in [4.69, 9.17) is 17.3 Å². The van der Waals surface area contributed by atoms with E-state index in [-0.39, 0.29) is 23.1 Å². The molecule has 0 aliphatic carbocycles. The highest BCUT2D eigenvalue weighted by atomic mass is 35.5. The van der Waals surface area contributed by atoms with Crippen molar-refractivity contribution in [1.29, 1.82) is 0 Å². The highest BCUT2D eigenvalue weighted by Gasteiger charge is 2.23. The van der Waals surface area contributed by atoms with Crippen LogP contribution in [0.5, 0.6) is 0 Å². The van der Waals surface area contributed by atoms with E-state index in [9.17, 15) is 10.1 Å². The van der Waals surface area contributed by atoms with E-state index in [1.165, 1.54) is 0 Å². The van der Waals surface area contributed by atoms with Gasteiger partial charge in [0.05, 0.1) is 4.92 Å². The Kier molecular flexibility index (Phi) is 6.00. The van der Waals surface area contributed by atoms with Crippen LogP contribution in [0.2, 0.25) is 5.02 Å². The van der Waals surface area contributed by atoms with Gasteiger partial charge in [0.25, 0.3) is 5.69 Å². The predicted octanol–water partition coefficient (Wildman–Crippen LogP) is 2.59. The van der Waals surface area contributed by atoms with Crippen molar-refractivity contribution in [3.8, 4) is 0 Å². The lowest BCUT2D eigenvalue weighted by Gasteiger charge is -2.22. The predicted molar refractivity (Wildman–Crippen MR) is 77.8 cm³/mol. The lowest BCUT2D eigenvalue weighted by Crippen LogP contribution is -2.34. The summed E-state index contributed by atoms with van der Waals surface area (Å²) < 4.78 is 0. The van der Waals surface area contributed by atoms with E-state index in [1.54, 1.807) is 12.1 Å². The van der Waals surface area contributed by atoms with Crippen molar-refractivity contribution in [2.45, 2.75) is 25.4 Å². The highest BCUT2D eigenvalue weighted by molar-refractivity contribution is 6.32. The van der Waals surface area contributed by atoms with Crippen LogP contribution in [0.1, 0.15) is 18.4 Å². The molecule has 1 unspecified atom stereocenters. The first-order valence-corrected chi connectivity index (χ1v) is 6.36. The maximum atomic E-state index is 10.8. The Morgan fingerprint density at radius 2 is 2.26 bits per heavy atom. The van der Waals surface area contributed by atoms with Crippen LogP contribution in [0.3, 0.4) is 0 Å². The summed E-state index contributed by atoms with van der Waals surface area (Å²) in [7, 11) is 0. The lowest BCUT2D eigenvalue weighted by atomic mass is 10.1. The average Bonchev–Trinajstić information content (AvgIpc) is 2.78. The first-order valence-electron chi connectivity index (χ1n) is 5.98. The van der Waals surface area contributed by atoms with Crippen molar-refractivity contribution >= 4 is 29.7 Å². The molecule has 2 rings (SSSR count). The van der Waals surface area contributed by atoms with Gasteiger partial charge in [-0.2, -0.15) is 0 Å². The molecule has 1 aliphatic heterocycles. The maximum Gasteiger partial charge on any atom is 0.288 e. The van der Waals surface area contributed by atoms with Gasteiger partial charge in [0.1, 0.15) is 5.02 Å². The second kappa shape index (κ2) is 7.05. The van der Waals surface area contributed by atoms with Crippen molar-refractivity contribution in [1.82, 2.24) is 4.90 Å². The van der Waals surface area contributed by atoms with Crippen LogP contribution in [-0.2, 0) is 6.54 Å². The van der Waals surface area contributed by atoms with Crippen molar-refractivity contribution in [3.05, 3.63) is 38.9 Å². The fourth-order valence-electron chi connectivity index (χ4n) is 2.40. The zero-order valence-electron chi connectivity index (χ0n) is 10.4. The van der Waals surface area contributed by atoms with Crippen LogP contribution < -0.4 is 5.73 Å². The quantitative estimate of drug-likeness (QED) is 0.685. The number of nitrogens with zero attached hydrogens (tertiary/aromatic N) is 2. The van der Waals surface area contributed by atoms with Gasteiger partial charge < -0.3 is 5.73 Å². The Bertz CT molecular complexity index is 457. The van der Waals surface area contributed by atoms with E-state index in [1.807, 2.05) is 6.07 Å². The minimum Gasteiger partial charge on any atom is -0.329 e. The van der Waals surface area contributed by atoms with Crippen LogP contribution in [0.15, 0.2) is 18.2 Å². The molecule has 5 nitrogen and oxygen atoms in total. The number of nitro groups is 1. The van der Waals surface area contributed by atoms with Crippen LogP contribution in [-0.4, -0.2) is 29.0 Å². The molecule has 7 heteroatoms. The number of nitro benzene ring substituents is 1. The third-order valence-electron chi connectivity index (χ3n) is 3.36. The van der Waals surface area contributed by atoms with Gasteiger partial charge in [0.15, 0.2) is 0 Å². The molecular weight excluding hydrogens is 289 g/mol. The van der Waals surface area contributed by atoms with Crippen LogP contribution in [0.4, 0.5) is 5.69 Å². The first-order chi connectivity index (χ1) is 8.61. The first kappa shape index (κ1) is 16.2. The average molecular weight is 306 g/mol. The lowest BCUT2D eigenvalue weighted by molar-refractivity contribution is -0.384. The molecular formula is C12H17Cl2N3O2. The zero-order chi connectivity index (χ0) is 13.1. The van der Waals surface area contributed by atoms with E-state index in [0.29, 0.717) is 19.1 Å². The minimum atomic E-state index is -0.448. The van der Waals surface area contributed by atoms with Gasteiger partial charge in [-0.25, -0.2) is 0 Å². The summed E-state index contributed by atoms with van der Waals surface area (Å²) in [5.74, 6) is 0. The third-order valence-corrected chi connectivity index (χ3v) is 3.68. The summed E-state index contributed by atoms with van der Waals surface area (Å²) in [4.78, 5) is 12.6. The molecule has 0 bridgehead atoms. The molecule has 106 valence electrons. The monoisotopic (exact) mass is 305 g/mol. The minimum absolute atomic E-state index is 0. The van der Waals surface area contributed by atoms with Gasteiger partial charge in [-0.1, -0.05) is 17.7 Å². The number of likely N-dealkylation sites (tertiary alicyclic amines) is 1. The SMILES string of the molecule is Cl.NCC1CCCN1Cc1ccc(Cl)c([N+](=O)[O-])c1. The molecule has 1 aromatic carbocycles. The van der Waals surface area contributed by atoms with Crippen LogP contribution in [0, 0.1) is 10.1 Å². The molecule has 1 saturated heterocycles. The largest absolute Gasteiger partial charge is 0.329 e. The number of benzene rings is 1. The van der Waals surface area contributed by atoms with Gasteiger partial charge in [-0.3, -0.25) is 15.0 Å². The molecule has 2 N–H and O–H groups in total. The van der Waals surface area contributed by atoms with Gasteiger partial charge in [-0.05, 0) is 31.0 Å². The summed E-state index contributed by atoms with van der Waals surface area (Å²) >= 11 is 5.79. The van der Waals surface area contributed by atoms with Gasteiger partial charge in [0, 0.05) is 25.2 Å². The van der Waals surface area contributed by atoms with Gasteiger partial charge >= 0.3 is 0 Å². The Hall–Kier alpha value is -0.880. The van der Waals surface area contributed by atoms with Crippen molar-refractivity contribution < 1.29 is 4.92 Å². The molecule has 0 aromatic heterocycles. The normalized spacial score (nSPS) is 19.2. The standard InChI is InChI=1S/C12H16ClN3O2.ClH/c13-11-4-3-9(6-12(11)16(17)18)8-15-5-1-2-10(15)7-14;/h3-4,6,10H,1-2,5,7-8,14H2;1H. The maximum absolute atomic E-state index is 10.8. The molecule has 1 aliphatic rings. The molecule has 1 atom stereocenters. The van der Waals surface area contributed by atoms with Crippen molar-refractivity contribution in [3.63, 3.8) is 0 Å². The molecule has 0 saturated carbocycles. The molecule has 0 spiro atoms. The second-order valence-corrected chi connectivity index (χ2v) is 4.95. The molecule has 1 fully saturated rings. The molecule has 0 radical (unpaired) electrons. The van der Waals surface area contributed by atoms with Crippen molar-refractivity contribution in [2.24, 2.45) is 5.73 Å². The Morgan fingerprint density at radius 1 is 1.53 bits per heavy atom. The third kappa shape index (κ3) is 3.79. The number of halogens is 2. The zero-order valence-corrected chi connectivity index (χ0v) is 12.0. The van der Waals surface area contributed by atoms with E-state index in [0.717, 1.165) is 24.9 Å². The summed E-state index contributed by atoms with van der Waals surface area (Å²) in [6, 6.07) is 5.36. The van der Waals surface area contributed by atoms with E-state index in [2.05, 4.69) is 4.90 Å². The Labute approximate surface area is 123 Å². The summed E-state index contributed by atoms with van der Waals surface area (Å²) in [5.41, 5.74) is 6.59. The summed E-state index contributed by atoms with van der Waals surface area (Å²) in [6.45, 7) is 2.33. The number of rotatable bonds is 4. The van der Waals surface area contributed by atoms with Crippen LogP contribution in [0.25, 0.3) is 0 Å². The van der Waals surface area contributed by atoms with E-state index < -0.39 is 4.92 Å². The molecule has 1 heterocycles. The Morgan fingerprint density at radius 3 is 2.89 bits per heavy atom. The van der Waals surface area contributed by atoms with Gasteiger partial charge in [0.2, 0.25) is 0 Å². The second-order valence-electron chi connectivity index (χ2n) is 4.55. The molecule has 19 heavy (non-hydrogen) atoms. The van der Waals surface area contributed by atoms with Gasteiger partial charge in [-0.15, -0.1) is 12.4 Å². The van der Waals surface area contributed by atoms with Crippen LogP contribution >= 0.6 is 24.0 Å². The van der Waals surface area contributed by atoms with E-state index >= 15 is 0 Å². The fraction of sp³-hybridized carbons (Fsp3) is 0.500. The molecule has 1 aromatic rings.